The third-order valence-electron chi connectivity index (χ3n) is 4.26. The SMILES string of the molecule is NC(=O)[C@@H]1CCCCN1C(=O)COC(=O)c1ccc2c(c1)OCCO2. The van der Waals surface area contributed by atoms with E-state index in [9.17, 15) is 14.4 Å². The number of ether oxygens (including phenoxy) is 3. The smallest absolute Gasteiger partial charge is 0.338 e. The van der Waals surface area contributed by atoms with Gasteiger partial charge in [0.1, 0.15) is 19.3 Å². The van der Waals surface area contributed by atoms with Crippen LogP contribution in [0.3, 0.4) is 0 Å². The van der Waals surface area contributed by atoms with E-state index in [0.29, 0.717) is 37.7 Å². The quantitative estimate of drug-likeness (QED) is 0.793. The Bertz CT molecular complexity index is 690. The fourth-order valence-electron chi connectivity index (χ4n) is 2.99. The summed E-state index contributed by atoms with van der Waals surface area (Å²) in [4.78, 5) is 37.3. The van der Waals surface area contributed by atoms with Crippen LogP contribution >= 0.6 is 0 Å². The predicted octanol–water partition coefficient (Wildman–Crippen LogP) is 0.481. The van der Waals surface area contributed by atoms with Gasteiger partial charge in [-0.1, -0.05) is 0 Å². The molecule has 0 saturated carbocycles. The number of piperidine rings is 1. The predicted molar refractivity (Wildman–Crippen MR) is 86.3 cm³/mol. The molecule has 3 rings (SSSR count). The lowest BCUT2D eigenvalue weighted by atomic mass is 10.0. The number of esters is 1. The van der Waals surface area contributed by atoms with Crippen molar-refractivity contribution in [2.24, 2.45) is 5.73 Å². The Hall–Kier alpha value is -2.77. The second-order valence-corrected chi connectivity index (χ2v) is 5.94. The molecule has 25 heavy (non-hydrogen) atoms. The highest BCUT2D eigenvalue weighted by molar-refractivity contribution is 5.93. The molecule has 0 unspecified atom stereocenters. The van der Waals surface area contributed by atoms with Crippen LogP contribution in [0.4, 0.5) is 0 Å². The summed E-state index contributed by atoms with van der Waals surface area (Å²) < 4.78 is 15.9. The number of benzene rings is 1. The van der Waals surface area contributed by atoms with Crippen molar-refractivity contribution in [3.63, 3.8) is 0 Å². The number of hydrogen-bond acceptors (Lipinski definition) is 6. The zero-order valence-corrected chi connectivity index (χ0v) is 13.7. The van der Waals surface area contributed by atoms with Crippen LogP contribution in [0, 0.1) is 0 Å². The number of fused-ring (bicyclic) bond motifs is 1. The van der Waals surface area contributed by atoms with Gasteiger partial charge in [-0.3, -0.25) is 9.59 Å². The van der Waals surface area contributed by atoms with Crippen LogP contribution in [0.2, 0.25) is 0 Å². The van der Waals surface area contributed by atoms with Crippen molar-refractivity contribution in [2.45, 2.75) is 25.3 Å². The van der Waals surface area contributed by atoms with E-state index in [2.05, 4.69) is 0 Å². The van der Waals surface area contributed by atoms with Crippen LogP contribution in [-0.4, -0.2) is 55.1 Å². The average molecular weight is 348 g/mol. The molecule has 8 heteroatoms. The van der Waals surface area contributed by atoms with Gasteiger partial charge in [0.05, 0.1) is 5.56 Å². The van der Waals surface area contributed by atoms with Crippen molar-refractivity contribution in [3.8, 4) is 11.5 Å². The summed E-state index contributed by atoms with van der Waals surface area (Å²) >= 11 is 0. The van der Waals surface area contributed by atoms with Crippen LogP contribution in [-0.2, 0) is 14.3 Å². The Kier molecular flexibility index (Phi) is 5.06. The van der Waals surface area contributed by atoms with Gasteiger partial charge >= 0.3 is 5.97 Å². The lowest BCUT2D eigenvalue weighted by Gasteiger charge is -2.33. The van der Waals surface area contributed by atoms with Crippen LogP contribution in [0.25, 0.3) is 0 Å². The highest BCUT2D eigenvalue weighted by atomic mass is 16.6. The molecular weight excluding hydrogens is 328 g/mol. The number of carbonyl (C=O) groups excluding carboxylic acids is 3. The fraction of sp³-hybridized carbons (Fsp3) is 0.471. The van der Waals surface area contributed by atoms with Crippen molar-refractivity contribution in [3.05, 3.63) is 23.8 Å². The van der Waals surface area contributed by atoms with E-state index in [1.165, 1.54) is 11.0 Å². The van der Waals surface area contributed by atoms with Gasteiger partial charge in [-0.25, -0.2) is 4.79 Å². The maximum absolute atomic E-state index is 12.3. The molecule has 1 aromatic rings. The minimum atomic E-state index is -0.641. The molecular formula is C17H20N2O6. The lowest BCUT2D eigenvalue weighted by molar-refractivity contribution is -0.143. The Labute approximate surface area is 144 Å². The largest absolute Gasteiger partial charge is 0.486 e. The standard InChI is InChI=1S/C17H20N2O6/c18-16(21)12-3-1-2-6-19(12)15(20)10-25-17(22)11-4-5-13-14(9-11)24-8-7-23-13/h4-5,9,12H,1-3,6-8,10H2,(H2,18,21)/t12-/m0/s1. The molecule has 1 fully saturated rings. The van der Waals surface area contributed by atoms with Crippen LogP contribution < -0.4 is 15.2 Å². The van der Waals surface area contributed by atoms with Crippen LogP contribution in [0.1, 0.15) is 29.6 Å². The molecule has 2 N–H and O–H groups in total. The van der Waals surface area contributed by atoms with Gasteiger partial charge in [0.2, 0.25) is 5.91 Å². The number of nitrogens with two attached hydrogens (primary N) is 1. The first-order valence-electron chi connectivity index (χ1n) is 8.22. The van der Waals surface area contributed by atoms with Crippen molar-refractivity contribution < 1.29 is 28.6 Å². The average Bonchev–Trinajstić information content (AvgIpc) is 2.65. The van der Waals surface area contributed by atoms with E-state index in [1.807, 2.05) is 0 Å². The number of primary amides is 1. The number of hydrogen-bond donors (Lipinski definition) is 1. The zero-order chi connectivity index (χ0) is 17.8. The summed E-state index contributed by atoms with van der Waals surface area (Å²) in [6, 6.07) is 4.07. The van der Waals surface area contributed by atoms with Gasteiger partial charge in [0.15, 0.2) is 18.1 Å². The molecule has 0 bridgehead atoms. The zero-order valence-electron chi connectivity index (χ0n) is 13.7. The summed E-state index contributed by atoms with van der Waals surface area (Å²) in [5.41, 5.74) is 5.61. The van der Waals surface area contributed by atoms with Crippen molar-refractivity contribution in [2.75, 3.05) is 26.4 Å². The minimum Gasteiger partial charge on any atom is -0.486 e. The van der Waals surface area contributed by atoms with E-state index in [-0.39, 0.29) is 5.56 Å². The Morgan fingerprint density at radius 2 is 1.92 bits per heavy atom. The summed E-state index contributed by atoms with van der Waals surface area (Å²) in [7, 11) is 0. The summed E-state index contributed by atoms with van der Waals surface area (Å²) in [6.45, 7) is 0.876. The van der Waals surface area contributed by atoms with Crippen molar-refractivity contribution >= 4 is 17.8 Å². The highest BCUT2D eigenvalue weighted by Gasteiger charge is 2.31. The van der Waals surface area contributed by atoms with Gasteiger partial charge < -0.3 is 24.8 Å². The van der Waals surface area contributed by atoms with Crippen LogP contribution in [0.15, 0.2) is 18.2 Å². The first-order valence-corrected chi connectivity index (χ1v) is 8.22. The second kappa shape index (κ2) is 7.42. The molecule has 2 aliphatic heterocycles. The van der Waals surface area contributed by atoms with Crippen molar-refractivity contribution in [1.29, 1.82) is 0 Å². The maximum Gasteiger partial charge on any atom is 0.338 e. The molecule has 0 aliphatic carbocycles. The third-order valence-corrected chi connectivity index (χ3v) is 4.26. The number of rotatable bonds is 4. The molecule has 0 aromatic heterocycles. The van der Waals surface area contributed by atoms with Gasteiger partial charge in [0.25, 0.3) is 5.91 Å². The first-order chi connectivity index (χ1) is 12.1. The molecule has 2 heterocycles. The van der Waals surface area contributed by atoms with E-state index >= 15 is 0 Å². The second-order valence-electron chi connectivity index (χ2n) is 5.94. The summed E-state index contributed by atoms with van der Waals surface area (Å²) in [5.74, 6) is -0.563. The Morgan fingerprint density at radius 1 is 1.16 bits per heavy atom. The normalized spacial score (nSPS) is 19.2. The Balaban J connectivity index is 1.60. The number of carbonyl (C=O) groups is 3. The molecule has 0 radical (unpaired) electrons. The van der Waals surface area contributed by atoms with Gasteiger partial charge in [0, 0.05) is 6.54 Å². The molecule has 2 amide bonds. The van der Waals surface area contributed by atoms with E-state index in [1.54, 1.807) is 12.1 Å². The van der Waals surface area contributed by atoms with Gasteiger partial charge in [-0.05, 0) is 37.5 Å². The highest BCUT2D eigenvalue weighted by Crippen LogP contribution is 2.30. The number of likely N-dealkylation sites (tertiary alicyclic amines) is 1. The third kappa shape index (κ3) is 3.84. The molecule has 0 spiro atoms. The molecule has 1 saturated heterocycles. The topological polar surface area (TPSA) is 108 Å². The van der Waals surface area contributed by atoms with Crippen molar-refractivity contribution in [1.82, 2.24) is 4.90 Å². The summed E-state index contributed by atoms with van der Waals surface area (Å²) in [5, 5.41) is 0. The first kappa shape index (κ1) is 17.1. The summed E-state index contributed by atoms with van der Waals surface area (Å²) in [6.07, 6.45) is 2.18. The lowest BCUT2D eigenvalue weighted by Crippen LogP contribution is -2.51. The van der Waals surface area contributed by atoms with E-state index < -0.39 is 30.4 Å². The maximum atomic E-state index is 12.3. The molecule has 2 aliphatic rings. The molecule has 1 atom stereocenters. The molecule has 1 aromatic carbocycles. The minimum absolute atomic E-state index is 0.266. The fourth-order valence-corrected chi connectivity index (χ4v) is 2.99. The van der Waals surface area contributed by atoms with E-state index in [4.69, 9.17) is 19.9 Å². The Morgan fingerprint density at radius 3 is 2.68 bits per heavy atom. The van der Waals surface area contributed by atoms with Crippen LogP contribution in [0.5, 0.6) is 11.5 Å². The molecule has 8 nitrogen and oxygen atoms in total. The molecule has 134 valence electrons. The monoisotopic (exact) mass is 348 g/mol. The number of amides is 2. The van der Waals surface area contributed by atoms with Gasteiger partial charge in [-0.2, -0.15) is 0 Å². The number of nitrogens with zero attached hydrogens (tertiary/aromatic N) is 1. The van der Waals surface area contributed by atoms with E-state index in [0.717, 1.165) is 12.8 Å². The van der Waals surface area contributed by atoms with Gasteiger partial charge in [-0.15, -0.1) is 0 Å².